The molecule has 1 spiro atoms. The number of anilines is 1. The van der Waals surface area contributed by atoms with Crippen LogP contribution in [0, 0.1) is 5.92 Å². The van der Waals surface area contributed by atoms with Gasteiger partial charge in [0, 0.05) is 12.0 Å². The van der Waals surface area contributed by atoms with Crippen LogP contribution in [0.3, 0.4) is 0 Å². The highest BCUT2D eigenvalue weighted by Crippen LogP contribution is 2.60. The van der Waals surface area contributed by atoms with Gasteiger partial charge in [0.2, 0.25) is 0 Å². The third kappa shape index (κ3) is 0.813. The fourth-order valence-corrected chi connectivity index (χ4v) is 2.75. The second-order valence-electron chi connectivity index (χ2n) is 4.50. The molecule has 1 aliphatic carbocycles. The molecule has 1 heterocycles. The molecule has 0 saturated heterocycles. The average molecular weight is 189 g/mol. The Morgan fingerprint density at radius 2 is 2.29 bits per heavy atom. The third-order valence-electron chi connectivity index (χ3n) is 3.82. The van der Waals surface area contributed by atoms with Gasteiger partial charge in [-0.3, -0.25) is 0 Å². The molecule has 2 aliphatic rings. The SMILES string of the molecule is COc1cccc2c1NCC21CC1C. The smallest absolute Gasteiger partial charge is 0.142 e. The fourth-order valence-electron chi connectivity index (χ4n) is 2.75. The van der Waals surface area contributed by atoms with Gasteiger partial charge in [-0.25, -0.2) is 0 Å². The van der Waals surface area contributed by atoms with Crippen molar-refractivity contribution in [2.45, 2.75) is 18.8 Å². The first-order valence-electron chi connectivity index (χ1n) is 5.19. The van der Waals surface area contributed by atoms with E-state index >= 15 is 0 Å². The molecule has 1 aromatic rings. The summed E-state index contributed by atoms with van der Waals surface area (Å²) < 4.78 is 5.35. The second-order valence-corrected chi connectivity index (χ2v) is 4.50. The molecule has 1 fully saturated rings. The molecule has 2 heteroatoms. The van der Waals surface area contributed by atoms with Crippen molar-refractivity contribution in [3.63, 3.8) is 0 Å². The minimum absolute atomic E-state index is 0.434. The van der Waals surface area contributed by atoms with E-state index < -0.39 is 0 Å². The Hall–Kier alpha value is -1.18. The molecule has 2 nitrogen and oxygen atoms in total. The fraction of sp³-hybridized carbons (Fsp3) is 0.500. The average Bonchev–Trinajstić information content (AvgIpc) is 2.69. The second kappa shape index (κ2) is 2.44. The molecule has 0 aromatic heterocycles. The Kier molecular flexibility index (Phi) is 1.42. The van der Waals surface area contributed by atoms with Gasteiger partial charge in [-0.15, -0.1) is 0 Å². The molecule has 1 aromatic carbocycles. The van der Waals surface area contributed by atoms with Crippen LogP contribution in [0.1, 0.15) is 18.9 Å². The van der Waals surface area contributed by atoms with Crippen molar-refractivity contribution in [2.24, 2.45) is 5.92 Å². The van der Waals surface area contributed by atoms with Gasteiger partial charge in [0.1, 0.15) is 5.75 Å². The predicted molar refractivity (Wildman–Crippen MR) is 56.9 cm³/mol. The van der Waals surface area contributed by atoms with E-state index in [1.165, 1.54) is 17.7 Å². The number of hydrogen-bond acceptors (Lipinski definition) is 2. The van der Waals surface area contributed by atoms with Crippen LogP contribution in [-0.2, 0) is 5.41 Å². The van der Waals surface area contributed by atoms with Crippen LogP contribution in [-0.4, -0.2) is 13.7 Å². The zero-order valence-electron chi connectivity index (χ0n) is 8.63. The number of para-hydroxylation sites is 1. The van der Waals surface area contributed by atoms with Crippen molar-refractivity contribution in [1.82, 2.24) is 0 Å². The number of hydrogen-bond donors (Lipinski definition) is 1. The normalized spacial score (nSPS) is 32.6. The Morgan fingerprint density at radius 1 is 1.50 bits per heavy atom. The molecule has 1 aliphatic heterocycles. The standard InChI is InChI=1S/C12H15NO/c1-8-6-12(8)7-13-11-9(12)4-3-5-10(11)14-2/h3-5,8,13H,6-7H2,1-2H3. The van der Waals surface area contributed by atoms with Gasteiger partial charge in [-0.1, -0.05) is 19.1 Å². The molecule has 1 N–H and O–H groups in total. The van der Waals surface area contributed by atoms with Crippen molar-refractivity contribution in [1.29, 1.82) is 0 Å². The van der Waals surface area contributed by atoms with Crippen LogP contribution < -0.4 is 10.1 Å². The first kappa shape index (κ1) is 8.16. The Bertz CT molecular complexity index is 388. The van der Waals surface area contributed by atoms with Crippen LogP contribution in [0.5, 0.6) is 5.75 Å². The van der Waals surface area contributed by atoms with Crippen molar-refractivity contribution in [3.05, 3.63) is 23.8 Å². The lowest BCUT2D eigenvalue weighted by atomic mass is 9.96. The summed E-state index contributed by atoms with van der Waals surface area (Å²) in [7, 11) is 1.73. The maximum absolute atomic E-state index is 5.35. The number of rotatable bonds is 1. The third-order valence-corrected chi connectivity index (χ3v) is 3.82. The molecular weight excluding hydrogens is 174 g/mol. The highest BCUT2D eigenvalue weighted by Gasteiger charge is 2.56. The number of nitrogens with one attached hydrogen (secondary N) is 1. The number of methoxy groups -OCH3 is 1. The zero-order chi connectivity index (χ0) is 9.76. The summed E-state index contributed by atoms with van der Waals surface area (Å²) in [6.07, 6.45) is 1.32. The molecule has 1 saturated carbocycles. The Morgan fingerprint density at radius 3 is 2.93 bits per heavy atom. The van der Waals surface area contributed by atoms with Gasteiger partial charge in [0.15, 0.2) is 0 Å². The van der Waals surface area contributed by atoms with E-state index in [4.69, 9.17) is 4.74 Å². The minimum Gasteiger partial charge on any atom is -0.495 e. The molecule has 0 amide bonds. The molecule has 2 atom stereocenters. The van der Waals surface area contributed by atoms with Gasteiger partial charge in [0.25, 0.3) is 0 Å². The maximum atomic E-state index is 5.35. The van der Waals surface area contributed by atoms with E-state index in [2.05, 4.69) is 24.4 Å². The Labute approximate surface area is 84.3 Å². The van der Waals surface area contributed by atoms with Gasteiger partial charge >= 0.3 is 0 Å². The lowest BCUT2D eigenvalue weighted by Gasteiger charge is -2.09. The van der Waals surface area contributed by atoms with E-state index in [-0.39, 0.29) is 0 Å². The summed E-state index contributed by atoms with van der Waals surface area (Å²) >= 11 is 0. The van der Waals surface area contributed by atoms with Crippen LogP contribution >= 0.6 is 0 Å². The van der Waals surface area contributed by atoms with Gasteiger partial charge in [0.05, 0.1) is 12.8 Å². The lowest BCUT2D eigenvalue weighted by Crippen LogP contribution is -2.11. The van der Waals surface area contributed by atoms with E-state index in [9.17, 15) is 0 Å². The van der Waals surface area contributed by atoms with E-state index in [0.717, 1.165) is 18.2 Å². The zero-order valence-corrected chi connectivity index (χ0v) is 8.63. The van der Waals surface area contributed by atoms with Crippen LogP contribution in [0.2, 0.25) is 0 Å². The van der Waals surface area contributed by atoms with E-state index in [1.807, 2.05) is 6.07 Å². The summed E-state index contributed by atoms with van der Waals surface area (Å²) in [5.74, 6) is 1.81. The Balaban J connectivity index is 2.13. The van der Waals surface area contributed by atoms with Crippen molar-refractivity contribution < 1.29 is 4.74 Å². The summed E-state index contributed by atoms with van der Waals surface area (Å²) in [6.45, 7) is 3.42. The number of ether oxygens (including phenoxy) is 1. The predicted octanol–water partition coefficient (Wildman–Crippen LogP) is 2.40. The number of fused-ring (bicyclic) bond motifs is 2. The summed E-state index contributed by atoms with van der Waals surface area (Å²) in [6, 6.07) is 6.36. The van der Waals surface area contributed by atoms with Crippen LogP contribution in [0.4, 0.5) is 5.69 Å². The maximum Gasteiger partial charge on any atom is 0.142 e. The summed E-state index contributed by atoms with van der Waals surface area (Å²) in [4.78, 5) is 0. The largest absolute Gasteiger partial charge is 0.495 e. The molecular formula is C12H15NO. The van der Waals surface area contributed by atoms with E-state index in [1.54, 1.807) is 7.11 Å². The number of benzene rings is 1. The summed E-state index contributed by atoms with van der Waals surface area (Å²) in [5.41, 5.74) is 3.12. The highest BCUT2D eigenvalue weighted by atomic mass is 16.5. The molecule has 3 rings (SSSR count). The van der Waals surface area contributed by atoms with Crippen molar-refractivity contribution in [3.8, 4) is 5.75 Å². The van der Waals surface area contributed by atoms with Crippen LogP contribution in [0.15, 0.2) is 18.2 Å². The highest BCUT2D eigenvalue weighted by molar-refractivity contribution is 5.70. The van der Waals surface area contributed by atoms with Crippen molar-refractivity contribution >= 4 is 5.69 Å². The first-order chi connectivity index (χ1) is 6.78. The first-order valence-corrected chi connectivity index (χ1v) is 5.19. The topological polar surface area (TPSA) is 21.3 Å². The van der Waals surface area contributed by atoms with Gasteiger partial charge in [-0.05, 0) is 24.0 Å². The van der Waals surface area contributed by atoms with Crippen molar-refractivity contribution in [2.75, 3.05) is 19.0 Å². The molecule has 2 unspecified atom stereocenters. The molecule has 0 bridgehead atoms. The van der Waals surface area contributed by atoms with Gasteiger partial charge < -0.3 is 10.1 Å². The minimum atomic E-state index is 0.434. The van der Waals surface area contributed by atoms with E-state index in [0.29, 0.717) is 5.41 Å². The van der Waals surface area contributed by atoms with Gasteiger partial charge in [-0.2, -0.15) is 0 Å². The molecule has 0 radical (unpaired) electrons. The van der Waals surface area contributed by atoms with Crippen LogP contribution in [0.25, 0.3) is 0 Å². The molecule has 14 heavy (non-hydrogen) atoms. The monoisotopic (exact) mass is 189 g/mol. The molecule has 74 valence electrons. The summed E-state index contributed by atoms with van der Waals surface area (Å²) in [5, 5.41) is 3.48. The quantitative estimate of drug-likeness (QED) is 0.732. The lowest BCUT2D eigenvalue weighted by molar-refractivity contribution is 0.416.